The third-order valence-electron chi connectivity index (χ3n) is 4.46. The number of benzene rings is 1. The van der Waals surface area contributed by atoms with Crippen LogP contribution < -0.4 is 10.6 Å². The van der Waals surface area contributed by atoms with Crippen LogP contribution >= 0.6 is 11.6 Å². The molecule has 0 bridgehead atoms. The zero-order valence-corrected chi connectivity index (χ0v) is 16.0. The van der Waals surface area contributed by atoms with Gasteiger partial charge in [0, 0.05) is 24.3 Å². The number of nitrogens with zero attached hydrogens (tertiary/aromatic N) is 3. The summed E-state index contributed by atoms with van der Waals surface area (Å²) in [4.78, 5) is 32.8. The van der Waals surface area contributed by atoms with Crippen LogP contribution in [-0.4, -0.2) is 45.9 Å². The van der Waals surface area contributed by atoms with Gasteiger partial charge < -0.3 is 15.5 Å². The number of urea groups is 1. The summed E-state index contributed by atoms with van der Waals surface area (Å²) >= 11 is 5.90. The van der Waals surface area contributed by atoms with Crippen LogP contribution in [0.25, 0.3) is 0 Å². The van der Waals surface area contributed by atoms with Gasteiger partial charge in [-0.15, -0.1) is 0 Å². The molecule has 3 rings (SSSR count). The van der Waals surface area contributed by atoms with Gasteiger partial charge in [0.15, 0.2) is 0 Å². The average molecular weight is 428 g/mol. The molecule has 1 saturated heterocycles. The molecule has 2 heterocycles. The molecule has 0 unspecified atom stereocenters. The number of carbonyl (C=O) groups excluding carboxylic acids is 2. The van der Waals surface area contributed by atoms with Crippen LogP contribution in [0.1, 0.15) is 30.0 Å². The highest BCUT2D eigenvalue weighted by atomic mass is 35.5. The Labute approximate surface area is 169 Å². The van der Waals surface area contributed by atoms with Gasteiger partial charge in [0.05, 0.1) is 11.7 Å². The molecule has 2 atom stereocenters. The first kappa shape index (κ1) is 20.8. The van der Waals surface area contributed by atoms with Crippen LogP contribution in [0.3, 0.4) is 0 Å². The minimum absolute atomic E-state index is 0.0443. The number of rotatable bonds is 3. The monoisotopic (exact) mass is 427 g/mol. The molecule has 1 aromatic carbocycles. The molecule has 1 aliphatic rings. The molecule has 29 heavy (non-hydrogen) atoms. The van der Waals surface area contributed by atoms with Gasteiger partial charge in [0.25, 0.3) is 0 Å². The summed E-state index contributed by atoms with van der Waals surface area (Å²) in [6, 6.07) is 5.24. The number of piperazine rings is 1. The van der Waals surface area contributed by atoms with E-state index in [4.69, 9.17) is 11.6 Å². The topological polar surface area (TPSA) is 87.2 Å². The maximum Gasteiger partial charge on any atom is 0.451 e. The lowest BCUT2D eigenvalue weighted by Crippen LogP contribution is -2.58. The lowest BCUT2D eigenvalue weighted by molar-refractivity contribution is -0.145. The van der Waals surface area contributed by atoms with Crippen molar-refractivity contribution >= 4 is 23.5 Å². The SMILES string of the molecule is C[C@@H]1C(=O)NCCN1C(=O)N[C@H](c1ccc(Cl)cc1)c1ccnc(C(F)(F)F)n1. The molecule has 0 radical (unpaired) electrons. The first-order chi connectivity index (χ1) is 13.7. The number of alkyl halides is 3. The fraction of sp³-hybridized carbons (Fsp3) is 0.333. The van der Waals surface area contributed by atoms with Crippen molar-refractivity contribution in [3.05, 3.63) is 58.6 Å². The highest BCUT2D eigenvalue weighted by Gasteiger charge is 2.36. The summed E-state index contributed by atoms with van der Waals surface area (Å²) in [5, 5.41) is 5.75. The van der Waals surface area contributed by atoms with Crippen molar-refractivity contribution in [1.29, 1.82) is 0 Å². The van der Waals surface area contributed by atoms with Crippen LogP contribution in [-0.2, 0) is 11.0 Å². The first-order valence-corrected chi connectivity index (χ1v) is 9.05. The van der Waals surface area contributed by atoms with Crippen molar-refractivity contribution in [2.45, 2.75) is 25.2 Å². The predicted molar refractivity (Wildman–Crippen MR) is 98.0 cm³/mol. The highest BCUT2D eigenvalue weighted by molar-refractivity contribution is 6.30. The smallest absolute Gasteiger partial charge is 0.353 e. The van der Waals surface area contributed by atoms with Crippen LogP contribution in [0.2, 0.25) is 5.02 Å². The van der Waals surface area contributed by atoms with Gasteiger partial charge >= 0.3 is 12.2 Å². The zero-order valence-electron chi connectivity index (χ0n) is 15.2. The molecule has 0 saturated carbocycles. The number of nitrogens with one attached hydrogen (secondary N) is 2. The number of amides is 3. The van der Waals surface area contributed by atoms with Gasteiger partial charge in [-0.25, -0.2) is 14.8 Å². The summed E-state index contributed by atoms with van der Waals surface area (Å²) in [6.45, 7) is 2.12. The summed E-state index contributed by atoms with van der Waals surface area (Å²) in [7, 11) is 0. The fourth-order valence-electron chi connectivity index (χ4n) is 2.92. The summed E-state index contributed by atoms with van der Waals surface area (Å²) < 4.78 is 39.2. The molecule has 0 spiro atoms. The van der Waals surface area contributed by atoms with Gasteiger partial charge in [-0.2, -0.15) is 13.2 Å². The zero-order chi connectivity index (χ0) is 21.2. The molecule has 3 amide bonds. The number of hydrogen-bond acceptors (Lipinski definition) is 4. The van der Waals surface area contributed by atoms with E-state index in [1.54, 1.807) is 31.2 Å². The van der Waals surface area contributed by atoms with Crippen LogP contribution in [0, 0.1) is 0 Å². The largest absolute Gasteiger partial charge is 0.451 e. The van der Waals surface area contributed by atoms with Gasteiger partial charge in [-0.1, -0.05) is 23.7 Å². The first-order valence-electron chi connectivity index (χ1n) is 8.67. The van der Waals surface area contributed by atoms with E-state index in [0.717, 1.165) is 6.20 Å². The highest BCUT2D eigenvalue weighted by Crippen LogP contribution is 2.28. The Kier molecular flexibility index (Phi) is 5.92. The minimum Gasteiger partial charge on any atom is -0.353 e. The van der Waals surface area contributed by atoms with Crippen molar-refractivity contribution in [3.8, 4) is 0 Å². The average Bonchev–Trinajstić information content (AvgIpc) is 2.68. The molecular weight excluding hydrogens is 411 g/mol. The van der Waals surface area contributed by atoms with Gasteiger partial charge in [0.2, 0.25) is 11.7 Å². The Morgan fingerprint density at radius 1 is 1.31 bits per heavy atom. The maximum absolute atomic E-state index is 13.1. The second-order valence-corrected chi connectivity index (χ2v) is 6.83. The maximum atomic E-state index is 13.1. The molecule has 11 heteroatoms. The van der Waals surface area contributed by atoms with E-state index in [0.29, 0.717) is 10.6 Å². The van der Waals surface area contributed by atoms with E-state index in [2.05, 4.69) is 20.6 Å². The molecule has 1 fully saturated rings. The quantitative estimate of drug-likeness (QED) is 0.788. The molecule has 7 nitrogen and oxygen atoms in total. The second kappa shape index (κ2) is 8.24. The van der Waals surface area contributed by atoms with Gasteiger partial charge in [0.1, 0.15) is 6.04 Å². The fourth-order valence-corrected chi connectivity index (χ4v) is 3.05. The Balaban J connectivity index is 1.95. The Morgan fingerprint density at radius 2 is 2.00 bits per heavy atom. The normalized spacial score (nSPS) is 18.2. The molecule has 2 aromatic rings. The van der Waals surface area contributed by atoms with E-state index in [1.807, 2.05) is 0 Å². The van der Waals surface area contributed by atoms with E-state index < -0.39 is 30.1 Å². The minimum atomic E-state index is -4.73. The van der Waals surface area contributed by atoms with Crippen LogP contribution in [0.5, 0.6) is 0 Å². The molecule has 1 aliphatic heterocycles. The van der Waals surface area contributed by atoms with E-state index in [-0.39, 0.29) is 24.7 Å². The van der Waals surface area contributed by atoms with Gasteiger partial charge in [-0.3, -0.25) is 4.79 Å². The Morgan fingerprint density at radius 3 is 2.66 bits per heavy atom. The number of aromatic nitrogens is 2. The van der Waals surface area contributed by atoms with Crippen molar-refractivity contribution in [2.24, 2.45) is 0 Å². The molecule has 1 aromatic heterocycles. The third-order valence-corrected chi connectivity index (χ3v) is 4.71. The van der Waals surface area contributed by atoms with E-state index in [9.17, 15) is 22.8 Å². The van der Waals surface area contributed by atoms with Crippen molar-refractivity contribution in [2.75, 3.05) is 13.1 Å². The lowest BCUT2D eigenvalue weighted by Gasteiger charge is -2.34. The van der Waals surface area contributed by atoms with E-state index >= 15 is 0 Å². The van der Waals surface area contributed by atoms with Crippen molar-refractivity contribution in [1.82, 2.24) is 25.5 Å². The summed E-state index contributed by atoms with van der Waals surface area (Å²) in [6.07, 6.45) is -3.75. The Bertz CT molecular complexity index is 907. The third kappa shape index (κ3) is 4.76. The number of hydrogen-bond donors (Lipinski definition) is 2. The Hall–Kier alpha value is -2.88. The van der Waals surface area contributed by atoms with Crippen LogP contribution in [0.15, 0.2) is 36.5 Å². The van der Waals surface area contributed by atoms with Crippen LogP contribution in [0.4, 0.5) is 18.0 Å². The standard InChI is InChI=1S/C18H17ClF3N5O2/c1-10-15(28)23-8-9-27(10)17(29)26-14(11-2-4-12(19)5-3-11)13-6-7-24-16(25-13)18(20,21)22/h2-7,10,14H,8-9H2,1H3,(H,23,28)(H,26,29)/t10-,14-/m1/s1. The van der Waals surface area contributed by atoms with E-state index in [1.165, 1.54) is 11.0 Å². The van der Waals surface area contributed by atoms with Gasteiger partial charge in [-0.05, 0) is 30.7 Å². The lowest BCUT2D eigenvalue weighted by atomic mass is 10.0. The summed E-state index contributed by atoms with van der Waals surface area (Å²) in [5.41, 5.74) is 0.431. The second-order valence-electron chi connectivity index (χ2n) is 6.40. The van der Waals surface area contributed by atoms with Crippen molar-refractivity contribution in [3.63, 3.8) is 0 Å². The number of carbonyl (C=O) groups is 2. The number of halogens is 4. The molecule has 154 valence electrons. The van der Waals surface area contributed by atoms with Crippen molar-refractivity contribution < 1.29 is 22.8 Å². The predicted octanol–water partition coefficient (Wildman–Crippen LogP) is 2.77. The molecule has 2 N–H and O–H groups in total. The molecule has 0 aliphatic carbocycles. The summed E-state index contributed by atoms with van der Waals surface area (Å²) in [5.74, 6) is -1.62. The molecular formula is C18H17ClF3N5O2.